The van der Waals surface area contributed by atoms with Crippen LogP contribution in [-0.2, 0) is 0 Å². The maximum Gasteiger partial charge on any atom is 0.166 e. The highest BCUT2D eigenvalue weighted by molar-refractivity contribution is 5.68. The van der Waals surface area contributed by atoms with Crippen LogP contribution in [0.2, 0.25) is 0 Å². The van der Waals surface area contributed by atoms with Gasteiger partial charge in [-0.2, -0.15) is 0 Å². The van der Waals surface area contributed by atoms with Crippen molar-refractivity contribution < 1.29 is 51.0 Å². The lowest BCUT2D eigenvalue weighted by Crippen LogP contribution is -2.25. The van der Waals surface area contributed by atoms with E-state index in [0.717, 1.165) is 122 Å². The zero-order chi connectivity index (χ0) is 70.5. The van der Waals surface area contributed by atoms with Crippen molar-refractivity contribution in [3.8, 4) is 22.3 Å². The van der Waals surface area contributed by atoms with Crippen LogP contribution in [0.5, 0.6) is 0 Å². The van der Waals surface area contributed by atoms with Crippen LogP contribution in [0, 0.1) is 147 Å². The van der Waals surface area contributed by atoms with Gasteiger partial charge in [0.25, 0.3) is 0 Å². The Balaban J connectivity index is 0. The van der Waals surface area contributed by atoms with E-state index in [1.54, 1.807) is 107 Å². The van der Waals surface area contributed by atoms with Crippen molar-refractivity contribution in [1.82, 2.24) is 0 Å². The van der Waals surface area contributed by atoms with Crippen molar-refractivity contribution in [2.45, 2.75) is 272 Å². The Kier molecular flexibility index (Phi) is 35.8. The molecular formula is C93H136F10. The quantitative estimate of drug-likeness (QED) is 0.133. The number of hydrogen-bond donors (Lipinski definition) is 0. The van der Waals surface area contributed by atoms with Gasteiger partial charge < -0.3 is 0 Å². The summed E-state index contributed by atoms with van der Waals surface area (Å²) in [6.07, 6.45) is 29.8. The molecule has 103 heavy (non-hydrogen) atoms. The summed E-state index contributed by atoms with van der Waals surface area (Å²) in [5, 5.41) is 0. The molecule has 7 aromatic carbocycles. The monoisotopic (exact) mass is 1440 g/mol. The molecule has 6 aliphatic rings. The van der Waals surface area contributed by atoms with E-state index in [-0.39, 0.29) is 56.1 Å². The summed E-state index contributed by atoms with van der Waals surface area (Å²) in [5.74, 6) is 0.739. The van der Waals surface area contributed by atoms with Crippen LogP contribution >= 0.6 is 0 Å². The summed E-state index contributed by atoms with van der Waals surface area (Å²) < 4.78 is 138. The predicted octanol–water partition coefficient (Wildman–Crippen LogP) is 32.1. The smallest absolute Gasteiger partial charge is 0.166 e. The third-order valence-corrected chi connectivity index (χ3v) is 23.4. The molecule has 0 N–H and O–H groups in total. The lowest BCUT2D eigenvalue weighted by molar-refractivity contribution is 0.164. The van der Waals surface area contributed by atoms with Crippen molar-refractivity contribution in [2.75, 3.05) is 0 Å². The van der Waals surface area contributed by atoms with Gasteiger partial charge in [0.2, 0.25) is 0 Å². The van der Waals surface area contributed by atoms with Gasteiger partial charge in [0.1, 0.15) is 0 Å². The van der Waals surface area contributed by atoms with Gasteiger partial charge in [-0.1, -0.05) is 237 Å². The molecule has 13 rings (SSSR count). The van der Waals surface area contributed by atoms with Gasteiger partial charge >= 0.3 is 0 Å². The third-order valence-electron chi connectivity index (χ3n) is 23.4. The van der Waals surface area contributed by atoms with Crippen LogP contribution in [0.25, 0.3) is 27.8 Å². The first-order chi connectivity index (χ1) is 46.9. The van der Waals surface area contributed by atoms with Crippen molar-refractivity contribution in [1.29, 1.82) is 0 Å². The number of rotatable bonds is 8. The first-order valence-electron chi connectivity index (χ1n) is 37.0. The largest absolute Gasteiger partial charge is 0.203 e. The lowest BCUT2D eigenvalue weighted by atomic mass is 9.68. The van der Waals surface area contributed by atoms with Crippen LogP contribution in [0.1, 0.15) is 293 Å². The fraction of sp³-hybridized carbons (Fsp3) is 0.527. The van der Waals surface area contributed by atoms with Crippen LogP contribution in [0.4, 0.5) is 43.9 Å². The van der Waals surface area contributed by atoms with E-state index in [9.17, 15) is 43.9 Å². The van der Waals surface area contributed by atoms with E-state index in [0.29, 0.717) is 67.1 Å². The maximum absolute atomic E-state index is 14.2. The molecule has 0 radical (unpaired) electrons. The summed E-state index contributed by atoms with van der Waals surface area (Å²) in [6, 6.07) is 32.2. The van der Waals surface area contributed by atoms with Crippen LogP contribution in [0.3, 0.4) is 0 Å². The van der Waals surface area contributed by atoms with E-state index in [1.165, 1.54) is 95.5 Å². The molecule has 0 aromatic heterocycles. The normalized spacial score (nSPS) is 23.6. The Morgan fingerprint density at radius 1 is 0.262 bits per heavy atom. The van der Waals surface area contributed by atoms with Gasteiger partial charge in [-0.3, -0.25) is 0 Å². The Morgan fingerprint density at radius 3 is 0.903 bits per heavy atom. The fourth-order valence-electron chi connectivity index (χ4n) is 16.4. The van der Waals surface area contributed by atoms with E-state index >= 15 is 0 Å². The summed E-state index contributed by atoms with van der Waals surface area (Å²) in [7, 11) is 0. The van der Waals surface area contributed by atoms with Gasteiger partial charge in [0.05, 0.1) is 0 Å². The van der Waals surface area contributed by atoms with Crippen LogP contribution in [-0.4, -0.2) is 0 Å². The number of halogens is 10. The Morgan fingerprint density at radius 2 is 0.544 bits per heavy atom. The van der Waals surface area contributed by atoms with E-state index < -0.39 is 58.2 Å². The Hall–Kier alpha value is -6.42. The molecule has 0 nitrogen and oxygen atoms in total. The summed E-state index contributed by atoms with van der Waals surface area (Å²) in [4.78, 5) is 0. The van der Waals surface area contributed by atoms with Crippen molar-refractivity contribution in [3.05, 3.63) is 229 Å². The number of hydrogen-bond acceptors (Lipinski definition) is 0. The van der Waals surface area contributed by atoms with Gasteiger partial charge in [0, 0.05) is 23.8 Å². The van der Waals surface area contributed by atoms with Crippen molar-refractivity contribution in [2.24, 2.45) is 47.3 Å². The second kappa shape index (κ2) is 41.5. The number of aryl methyl sites for hydroxylation is 6. The van der Waals surface area contributed by atoms with Gasteiger partial charge in [-0.05, 0) is 264 Å². The maximum atomic E-state index is 14.2. The molecule has 7 aromatic rings. The highest BCUT2D eigenvalue weighted by Gasteiger charge is 2.33. The van der Waals surface area contributed by atoms with Gasteiger partial charge in [-0.25, -0.2) is 43.9 Å². The highest BCUT2D eigenvalue weighted by atomic mass is 19.2. The molecule has 578 valence electrons. The molecule has 0 amide bonds. The molecular weight excluding hydrogens is 1310 g/mol. The molecule has 0 bridgehead atoms. The Bertz CT molecular complexity index is 3780. The molecule has 0 heterocycles. The van der Waals surface area contributed by atoms with Crippen molar-refractivity contribution >= 4 is 5.57 Å². The standard InChI is InChI=1S/C20H28F2.C20H26F2.C20H22F2.C14H18F2.C14H12F2.5CH4.5H2/c3*1-13-3-6-15(7-4-13)16-8-10-17(11-9-16)18-12-5-14(2)19(21)20(18)22;2*1-9-3-6-11(7-4-9)12-8-5-10(2)13(15)14(12)16;;;;;;;;;;/h5,12-13,15-17H,3-4,6-11H2,1-2H3;5,10,12-13,15-16H,3-4,6-9,11H2,1-2H3;5,8-13,15H,3-4,6-7H2,1-2H3;5,8-9,11H,3-4,6-7H2,1-2H3;3-8H,1-2H3;5*1H4;5*1H. The first kappa shape index (κ1) is 89.0. The average Bonchev–Trinajstić information content (AvgIpc) is 0.834. The summed E-state index contributed by atoms with van der Waals surface area (Å²) >= 11 is 0. The van der Waals surface area contributed by atoms with Crippen LogP contribution in [0.15, 0.2) is 115 Å². The highest BCUT2D eigenvalue weighted by Crippen LogP contribution is 2.46. The minimum absolute atomic E-state index is 0. The minimum atomic E-state index is -0.774. The molecule has 10 heteroatoms. The fourth-order valence-corrected chi connectivity index (χ4v) is 16.4. The molecule has 5 fully saturated rings. The molecule has 1 atom stereocenters. The summed E-state index contributed by atoms with van der Waals surface area (Å²) in [6.45, 7) is 19.2. The minimum Gasteiger partial charge on any atom is -0.203 e. The van der Waals surface area contributed by atoms with E-state index in [4.69, 9.17) is 0 Å². The molecule has 0 saturated heterocycles. The second-order valence-electron chi connectivity index (χ2n) is 30.7. The zero-order valence-corrected chi connectivity index (χ0v) is 59.9. The topological polar surface area (TPSA) is 0 Å². The number of benzene rings is 7. The summed E-state index contributed by atoms with van der Waals surface area (Å²) in [5.41, 5.74) is 9.01. The van der Waals surface area contributed by atoms with Gasteiger partial charge in [-0.15, -0.1) is 0 Å². The third kappa shape index (κ3) is 23.0. The number of allylic oxidation sites excluding steroid dienone is 2. The first-order valence-corrected chi connectivity index (χ1v) is 37.0. The second-order valence-corrected chi connectivity index (χ2v) is 30.7. The van der Waals surface area contributed by atoms with Crippen LogP contribution < -0.4 is 0 Å². The molecule has 1 unspecified atom stereocenters. The Labute approximate surface area is 624 Å². The average molecular weight is 1440 g/mol. The zero-order valence-electron chi connectivity index (χ0n) is 59.9. The molecule has 0 spiro atoms. The van der Waals surface area contributed by atoms with Crippen molar-refractivity contribution in [3.63, 3.8) is 0 Å². The molecule has 0 aliphatic heterocycles. The van der Waals surface area contributed by atoms with E-state index in [2.05, 4.69) is 45.9 Å². The van der Waals surface area contributed by atoms with E-state index in [1.807, 2.05) is 31.2 Å². The molecule has 6 aliphatic carbocycles. The molecule has 5 saturated carbocycles. The SMILES string of the molecule is C.C.C.C.C.Cc1ccc(-c2ccc(C)c(F)c2F)cc1.Cc1ccc(-c2ccc(C3CCC(C)CC3)cc2)c(F)c1F.Cc1ccc(C2=CCC(C3CCC(C)CC3)CC2)c(F)c1F.Cc1ccc(C2CCC(C)CC2)c(F)c1F.Cc1ccc(C2CCC(C3CCC(C)CC3)CC2)c(F)c1F.[HH].[HH].[HH].[HH].[HH]. The lowest BCUT2D eigenvalue weighted by Gasteiger charge is -2.37. The predicted molar refractivity (Wildman–Crippen MR) is 428 cm³/mol. The van der Waals surface area contributed by atoms with Gasteiger partial charge in [0.15, 0.2) is 58.2 Å².